The highest BCUT2D eigenvalue weighted by Crippen LogP contribution is 2.36. The Morgan fingerprint density at radius 1 is 1.20 bits per heavy atom. The Morgan fingerprint density at radius 3 is 2.50 bits per heavy atom. The lowest BCUT2D eigenvalue weighted by Gasteiger charge is -2.32. The van der Waals surface area contributed by atoms with Crippen LogP contribution in [-0.2, 0) is 9.31 Å². The third kappa shape index (κ3) is 2.38. The average Bonchev–Trinajstić information content (AvgIpc) is 2.97. The standard InChI is InChI=1S/C15H23BN2O2/c1-14(2)15(3,4)20-16(19-14)13-7-5-6-12(18-13)11-8-9-17-10-11/h5-7,11,17H,8-10H2,1-4H3. The molecule has 0 saturated carbocycles. The van der Waals surface area contributed by atoms with E-state index >= 15 is 0 Å². The molecule has 0 radical (unpaired) electrons. The van der Waals surface area contributed by atoms with Crippen molar-refractivity contribution in [2.45, 2.75) is 51.2 Å². The normalized spacial score (nSPS) is 28.0. The Morgan fingerprint density at radius 2 is 1.90 bits per heavy atom. The van der Waals surface area contributed by atoms with Crippen molar-refractivity contribution in [3.63, 3.8) is 0 Å². The summed E-state index contributed by atoms with van der Waals surface area (Å²) >= 11 is 0. The molecule has 3 rings (SSSR count). The Bertz CT molecular complexity index is 482. The van der Waals surface area contributed by atoms with Crippen LogP contribution in [0.4, 0.5) is 0 Å². The molecule has 108 valence electrons. The molecule has 1 aromatic heterocycles. The summed E-state index contributed by atoms with van der Waals surface area (Å²) in [5.74, 6) is 0.511. The lowest BCUT2D eigenvalue weighted by Crippen LogP contribution is -2.41. The van der Waals surface area contributed by atoms with Gasteiger partial charge in [0.05, 0.1) is 16.8 Å². The molecule has 0 spiro atoms. The maximum atomic E-state index is 6.07. The zero-order valence-corrected chi connectivity index (χ0v) is 12.8. The first-order valence-corrected chi connectivity index (χ1v) is 7.42. The Hall–Kier alpha value is -0.905. The fourth-order valence-electron chi connectivity index (χ4n) is 2.70. The van der Waals surface area contributed by atoms with Gasteiger partial charge in [-0.15, -0.1) is 0 Å². The van der Waals surface area contributed by atoms with Crippen molar-refractivity contribution < 1.29 is 9.31 Å². The second-order valence-corrected chi connectivity index (χ2v) is 6.77. The van der Waals surface area contributed by atoms with Crippen LogP contribution in [0.15, 0.2) is 18.2 Å². The molecule has 0 bridgehead atoms. The van der Waals surface area contributed by atoms with Gasteiger partial charge < -0.3 is 14.6 Å². The van der Waals surface area contributed by atoms with E-state index in [1.54, 1.807) is 0 Å². The molecular weight excluding hydrogens is 251 g/mol. The smallest absolute Gasteiger partial charge is 0.398 e. The van der Waals surface area contributed by atoms with Crippen LogP contribution in [0.3, 0.4) is 0 Å². The summed E-state index contributed by atoms with van der Waals surface area (Å²) in [6.45, 7) is 10.4. The zero-order chi connectivity index (χ0) is 14.4. The monoisotopic (exact) mass is 274 g/mol. The van der Waals surface area contributed by atoms with Gasteiger partial charge in [-0.3, -0.25) is 4.98 Å². The molecule has 1 atom stereocenters. The van der Waals surface area contributed by atoms with Gasteiger partial charge in [0.15, 0.2) is 0 Å². The van der Waals surface area contributed by atoms with E-state index in [-0.39, 0.29) is 18.3 Å². The first-order valence-electron chi connectivity index (χ1n) is 7.42. The number of pyridine rings is 1. The van der Waals surface area contributed by atoms with E-state index in [0.29, 0.717) is 5.92 Å². The van der Waals surface area contributed by atoms with Crippen LogP contribution in [0.25, 0.3) is 0 Å². The highest BCUT2D eigenvalue weighted by Gasteiger charge is 2.52. The van der Waals surface area contributed by atoms with E-state index in [4.69, 9.17) is 14.3 Å². The molecule has 1 aromatic rings. The molecule has 1 N–H and O–H groups in total. The van der Waals surface area contributed by atoms with Gasteiger partial charge in [0, 0.05) is 18.2 Å². The number of aromatic nitrogens is 1. The van der Waals surface area contributed by atoms with Crippen molar-refractivity contribution in [1.82, 2.24) is 10.3 Å². The van der Waals surface area contributed by atoms with Gasteiger partial charge >= 0.3 is 7.12 Å². The minimum Gasteiger partial charge on any atom is -0.398 e. The highest BCUT2D eigenvalue weighted by atomic mass is 16.7. The maximum Gasteiger partial charge on any atom is 0.514 e. The Labute approximate surface area is 121 Å². The second kappa shape index (κ2) is 4.83. The topological polar surface area (TPSA) is 43.4 Å². The summed E-state index contributed by atoms with van der Waals surface area (Å²) in [6, 6.07) is 6.15. The van der Waals surface area contributed by atoms with Crippen molar-refractivity contribution in [1.29, 1.82) is 0 Å². The summed E-state index contributed by atoms with van der Waals surface area (Å²) in [4.78, 5) is 4.78. The fraction of sp³-hybridized carbons (Fsp3) is 0.667. The van der Waals surface area contributed by atoms with E-state index in [1.165, 1.54) is 0 Å². The molecular formula is C15H23BN2O2. The number of nitrogens with one attached hydrogen (secondary N) is 1. The van der Waals surface area contributed by atoms with Crippen LogP contribution in [0.5, 0.6) is 0 Å². The van der Waals surface area contributed by atoms with E-state index in [9.17, 15) is 0 Å². The van der Waals surface area contributed by atoms with Crippen LogP contribution in [-0.4, -0.2) is 36.4 Å². The van der Waals surface area contributed by atoms with Crippen molar-refractivity contribution >= 4 is 12.7 Å². The van der Waals surface area contributed by atoms with Gasteiger partial charge in [-0.25, -0.2) is 0 Å². The van der Waals surface area contributed by atoms with Gasteiger partial charge in [-0.2, -0.15) is 0 Å². The maximum absolute atomic E-state index is 6.07. The van der Waals surface area contributed by atoms with Gasteiger partial charge in [0.1, 0.15) is 0 Å². The van der Waals surface area contributed by atoms with Gasteiger partial charge in [0.2, 0.25) is 0 Å². The highest BCUT2D eigenvalue weighted by molar-refractivity contribution is 6.61. The van der Waals surface area contributed by atoms with E-state index < -0.39 is 0 Å². The first-order chi connectivity index (χ1) is 9.39. The molecule has 3 heterocycles. The van der Waals surface area contributed by atoms with Gasteiger partial charge in [-0.05, 0) is 52.8 Å². The van der Waals surface area contributed by atoms with E-state index in [0.717, 1.165) is 30.8 Å². The molecule has 0 aromatic carbocycles. The summed E-state index contributed by atoms with van der Waals surface area (Å²) in [7, 11) is -0.366. The quantitative estimate of drug-likeness (QED) is 0.829. The molecule has 2 saturated heterocycles. The summed E-state index contributed by atoms with van der Waals surface area (Å²) < 4.78 is 12.1. The molecule has 2 fully saturated rings. The summed E-state index contributed by atoms with van der Waals surface area (Å²) in [5.41, 5.74) is 1.39. The third-order valence-electron chi connectivity index (χ3n) is 4.77. The lowest BCUT2D eigenvalue weighted by molar-refractivity contribution is 0.00578. The SMILES string of the molecule is CC1(C)OB(c2cccc(C3CCNC3)n2)OC1(C)C. The Balaban J connectivity index is 1.83. The molecule has 4 nitrogen and oxygen atoms in total. The van der Waals surface area contributed by atoms with E-state index in [2.05, 4.69) is 45.1 Å². The second-order valence-electron chi connectivity index (χ2n) is 6.77. The van der Waals surface area contributed by atoms with E-state index in [1.807, 2.05) is 6.07 Å². The largest absolute Gasteiger partial charge is 0.514 e. The van der Waals surface area contributed by atoms with Crippen LogP contribution in [0.1, 0.15) is 45.7 Å². The van der Waals surface area contributed by atoms with Crippen molar-refractivity contribution in [3.8, 4) is 0 Å². The molecule has 0 amide bonds. The molecule has 0 aliphatic carbocycles. The van der Waals surface area contributed by atoms with Crippen molar-refractivity contribution in [2.75, 3.05) is 13.1 Å². The summed E-state index contributed by atoms with van der Waals surface area (Å²) in [6.07, 6.45) is 1.15. The van der Waals surface area contributed by atoms with Crippen molar-refractivity contribution in [3.05, 3.63) is 23.9 Å². The lowest BCUT2D eigenvalue weighted by atomic mass is 9.83. The number of rotatable bonds is 2. The molecule has 5 heteroatoms. The van der Waals surface area contributed by atoms with Crippen LogP contribution >= 0.6 is 0 Å². The van der Waals surface area contributed by atoms with Gasteiger partial charge in [0.25, 0.3) is 0 Å². The molecule has 2 aliphatic heterocycles. The fourth-order valence-corrected chi connectivity index (χ4v) is 2.70. The van der Waals surface area contributed by atoms with Crippen molar-refractivity contribution in [2.24, 2.45) is 0 Å². The number of hydrogen-bond acceptors (Lipinski definition) is 4. The van der Waals surface area contributed by atoms with Crippen LogP contribution < -0.4 is 10.9 Å². The average molecular weight is 274 g/mol. The minimum atomic E-state index is -0.366. The third-order valence-corrected chi connectivity index (χ3v) is 4.77. The predicted molar refractivity (Wildman–Crippen MR) is 80.2 cm³/mol. The molecule has 1 unspecified atom stereocenters. The number of hydrogen-bond donors (Lipinski definition) is 1. The minimum absolute atomic E-state index is 0.315. The summed E-state index contributed by atoms with van der Waals surface area (Å²) in [5, 5.41) is 3.38. The number of nitrogens with zero attached hydrogens (tertiary/aromatic N) is 1. The Kier molecular flexibility index (Phi) is 3.39. The molecule has 20 heavy (non-hydrogen) atoms. The molecule has 2 aliphatic rings. The van der Waals surface area contributed by atoms with Crippen LogP contribution in [0, 0.1) is 0 Å². The van der Waals surface area contributed by atoms with Gasteiger partial charge in [-0.1, -0.05) is 6.07 Å². The first kappa shape index (κ1) is 14.0. The van der Waals surface area contributed by atoms with Crippen LogP contribution in [0.2, 0.25) is 0 Å². The predicted octanol–water partition coefficient (Wildman–Crippen LogP) is 1.46. The zero-order valence-electron chi connectivity index (χ0n) is 12.8.